The van der Waals surface area contributed by atoms with E-state index in [1.807, 2.05) is 6.07 Å². The number of nitrogens with zero attached hydrogens (tertiary/aromatic N) is 1. The first-order valence-corrected chi connectivity index (χ1v) is 7.35. The number of piperazine rings is 1. The Balaban J connectivity index is 2.26. The molecule has 0 bridgehead atoms. The van der Waals surface area contributed by atoms with Crippen LogP contribution in [0.25, 0.3) is 0 Å². The second-order valence-corrected chi connectivity index (χ2v) is 6.04. The molecule has 1 fully saturated rings. The van der Waals surface area contributed by atoms with Gasteiger partial charge in [0.2, 0.25) is 0 Å². The highest BCUT2D eigenvalue weighted by molar-refractivity contribution is 6.30. The molecule has 0 aliphatic carbocycles. The van der Waals surface area contributed by atoms with Gasteiger partial charge in [0.15, 0.2) is 0 Å². The van der Waals surface area contributed by atoms with Crippen molar-refractivity contribution in [3.05, 3.63) is 29.0 Å². The van der Waals surface area contributed by atoms with Crippen molar-refractivity contribution in [2.24, 2.45) is 5.92 Å². The van der Waals surface area contributed by atoms with Crippen molar-refractivity contribution < 1.29 is 4.39 Å². The van der Waals surface area contributed by atoms with Crippen LogP contribution in [-0.4, -0.2) is 25.2 Å². The molecule has 2 nitrogen and oxygen atoms in total. The summed E-state index contributed by atoms with van der Waals surface area (Å²) in [7, 11) is 0. The van der Waals surface area contributed by atoms with E-state index in [4.69, 9.17) is 11.6 Å². The van der Waals surface area contributed by atoms with Crippen LogP contribution < -0.4 is 10.2 Å². The Morgan fingerprint density at radius 2 is 2.16 bits per heavy atom. The number of nitrogens with one attached hydrogen (secondary N) is 1. The predicted octanol–water partition coefficient (Wildman–Crippen LogP) is 3.69. The topological polar surface area (TPSA) is 15.3 Å². The van der Waals surface area contributed by atoms with E-state index in [0.717, 1.165) is 25.2 Å². The Morgan fingerprint density at radius 3 is 2.74 bits per heavy atom. The van der Waals surface area contributed by atoms with Gasteiger partial charge in [-0.25, -0.2) is 4.39 Å². The minimum absolute atomic E-state index is 0.267. The molecule has 106 valence electrons. The second kappa shape index (κ2) is 6.10. The van der Waals surface area contributed by atoms with Gasteiger partial charge in [0.1, 0.15) is 5.82 Å². The number of hydrogen-bond donors (Lipinski definition) is 1. The number of rotatable bonds is 3. The summed E-state index contributed by atoms with van der Waals surface area (Å²) in [5.74, 6) is 0.293. The molecule has 2 rings (SSSR count). The van der Waals surface area contributed by atoms with E-state index in [-0.39, 0.29) is 5.82 Å². The Kier molecular flexibility index (Phi) is 4.69. The fourth-order valence-electron chi connectivity index (χ4n) is 2.66. The van der Waals surface area contributed by atoms with Crippen LogP contribution in [0.3, 0.4) is 0 Å². The van der Waals surface area contributed by atoms with Crippen molar-refractivity contribution in [3.8, 4) is 0 Å². The van der Waals surface area contributed by atoms with Gasteiger partial charge in [0.25, 0.3) is 0 Å². The van der Waals surface area contributed by atoms with Crippen molar-refractivity contribution in [2.45, 2.75) is 39.3 Å². The summed E-state index contributed by atoms with van der Waals surface area (Å²) < 4.78 is 13.5. The lowest BCUT2D eigenvalue weighted by atomic mass is 9.98. The fraction of sp³-hybridized carbons (Fsp3) is 0.600. The lowest BCUT2D eigenvalue weighted by Crippen LogP contribution is -2.58. The molecule has 0 radical (unpaired) electrons. The first kappa shape index (κ1) is 14.6. The maximum absolute atomic E-state index is 13.5. The quantitative estimate of drug-likeness (QED) is 0.911. The van der Waals surface area contributed by atoms with Gasteiger partial charge in [-0.05, 0) is 30.5 Å². The molecule has 1 aromatic rings. The third-order valence-electron chi connectivity index (χ3n) is 3.90. The SMILES string of the molecule is CCC1CNC(C(C)C)CN1c1cc(F)cc(Cl)c1. The van der Waals surface area contributed by atoms with E-state index >= 15 is 0 Å². The molecular weight excluding hydrogens is 263 g/mol. The zero-order valence-electron chi connectivity index (χ0n) is 11.8. The number of halogens is 2. The fourth-order valence-corrected chi connectivity index (χ4v) is 2.87. The van der Waals surface area contributed by atoms with Crippen LogP contribution in [0, 0.1) is 11.7 Å². The van der Waals surface area contributed by atoms with E-state index in [2.05, 4.69) is 31.0 Å². The first-order chi connectivity index (χ1) is 9.01. The van der Waals surface area contributed by atoms with Crippen LogP contribution in [0.1, 0.15) is 27.2 Å². The molecule has 2 atom stereocenters. The summed E-state index contributed by atoms with van der Waals surface area (Å²) in [5.41, 5.74) is 0.893. The molecular formula is C15H22ClFN2. The largest absolute Gasteiger partial charge is 0.366 e. The van der Waals surface area contributed by atoms with Crippen LogP contribution in [0.15, 0.2) is 18.2 Å². The van der Waals surface area contributed by atoms with Gasteiger partial charge in [-0.15, -0.1) is 0 Å². The van der Waals surface area contributed by atoms with E-state index in [9.17, 15) is 4.39 Å². The lowest BCUT2D eigenvalue weighted by Gasteiger charge is -2.43. The summed E-state index contributed by atoms with van der Waals surface area (Å²) >= 11 is 5.98. The van der Waals surface area contributed by atoms with Gasteiger partial charge >= 0.3 is 0 Å². The normalized spacial score (nSPS) is 24.0. The standard InChI is InChI=1S/C15H22ClFN2/c1-4-13-8-18-15(10(2)3)9-19(13)14-6-11(16)5-12(17)7-14/h5-7,10,13,15,18H,4,8-9H2,1-3H3. The van der Waals surface area contributed by atoms with Gasteiger partial charge in [-0.1, -0.05) is 32.4 Å². The van der Waals surface area contributed by atoms with Gasteiger partial charge in [0, 0.05) is 35.9 Å². The average Bonchev–Trinajstić information content (AvgIpc) is 2.36. The average molecular weight is 285 g/mol. The van der Waals surface area contributed by atoms with Crippen LogP contribution in [-0.2, 0) is 0 Å². The second-order valence-electron chi connectivity index (χ2n) is 5.60. The maximum atomic E-state index is 13.5. The molecule has 1 aromatic carbocycles. The summed E-state index contributed by atoms with van der Waals surface area (Å²) in [6, 6.07) is 5.62. The van der Waals surface area contributed by atoms with Crippen molar-refractivity contribution in [1.29, 1.82) is 0 Å². The van der Waals surface area contributed by atoms with Crippen LogP contribution in [0.5, 0.6) is 0 Å². The predicted molar refractivity (Wildman–Crippen MR) is 79.5 cm³/mol. The highest BCUT2D eigenvalue weighted by atomic mass is 35.5. The Bertz CT molecular complexity index is 416. The third kappa shape index (κ3) is 3.40. The Hall–Kier alpha value is -0.800. The molecule has 1 aliphatic heterocycles. The Labute approximate surface area is 119 Å². The van der Waals surface area contributed by atoms with E-state index < -0.39 is 0 Å². The zero-order valence-corrected chi connectivity index (χ0v) is 12.5. The maximum Gasteiger partial charge on any atom is 0.126 e. The molecule has 0 spiro atoms. The van der Waals surface area contributed by atoms with Crippen molar-refractivity contribution in [2.75, 3.05) is 18.0 Å². The summed E-state index contributed by atoms with van der Waals surface area (Å²) in [4.78, 5) is 2.29. The smallest absolute Gasteiger partial charge is 0.126 e. The van der Waals surface area contributed by atoms with Crippen molar-refractivity contribution in [3.63, 3.8) is 0 Å². The molecule has 19 heavy (non-hydrogen) atoms. The molecule has 1 aliphatic rings. The van der Waals surface area contributed by atoms with Crippen LogP contribution >= 0.6 is 11.6 Å². The lowest BCUT2D eigenvalue weighted by molar-refractivity contribution is 0.325. The molecule has 1 heterocycles. The summed E-state index contributed by atoms with van der Waals surface area (Å²) in [5, 5.41) is 4.04. The van der Waals surface area contributed by atoms with Crippen LogP contribution in [0.4, 0.5) is 10.1 Å². The Morgan fingerprint density at radius 1 is 1.42 bits per heavy atom. The monoisotopic (exact) mass is 284 g/mol. The molecule has 0 saturated carbocycles. The molecule has 1 N–H and O–H groups in total. The van der Waals surface area contributed by atoms with Gasteiger partial charge in [-0.2, -0.15) is 0 Å². The van der Waals surface area contributed by atoms with Crippen molar-refractivity contribution in [1.82, 2.24) is 5.32 Å². The van der Waals surface area contributed by atoms with E-state index in [1.165, 1.54) is 6.07 Å². The highest BCUT2D eigenvalue weighted by Gasteiger charge is 2.28. The van der Waals surface area contributed by atoms with Gasteiger partial charge in [0.05, 0.1) is 0 Å². The van der Waals surface area contributed by atoms with Gasteiger partial charge < -0.3 is 10.2 Å². The first-order valence-electron chi connectivity index (χ1n) is 6.97. The minimum Gasteiger partial charge on any atom is -0.366 e. The molecule has 2 unspecified atom stereocenters. The number of hydrogen-bond acceptors (Lipinski definition) is 2. The van der Waals surface area contributed by atoms with E-state index in [0.29, 0.717) is 23.0 Å². The third-order valence-corrected chi connectivity index (χ3v) is 4.12. The van der Waals surface area contributed by atoms with Gasteiger partial charge in [-0.3, -0.25) is 0 Å². The van der Waals surface area contributed by atoms with E-state index in [1.54, 1.807) is 6.07 Å². The number of anilines is 1. The summed E-state index contributed by atoms with van der Waals surface area (Å²) in [6.45, 7) is 8.42. The zero-order chi connectivity index (χ0) is 14.0. The molecule has 4 heteroatoms. The minimum atomic E-state index is -0.267. The highest BCUT2D eigenvalue weighted by Crippen LogP contribution is 2.27. The molecule has 1 saturated heterocycles. The molecule has 0 aromatic heterocycles. The molecule has 0 amide bonds. The summed E-state index contributed by atoms with van der Waals surface area (Å²) in [6.07, 6.45) is 1.03. The number of benzene rings is 1. The van der Waals surface area contributed by atoms with Crippen molar-refractivity contribution >= 4 is 17.3 Å². The van der Waals surface area contributed by atoms with Crippen LogP contribution in [0.2, 0.25) is 5.02 Å².